The lowest BCUT2D eigenvalue weighted by atomic mass is 10.1. The van der Waals surface area contributed by atoms with Crippen LogP contribution >= 0.6 is 11.3 Å². The van der Waals surface area contributed by atoms with E-state index in [0.717, 1.165) is 16.1 Å². The molecule has 4 rings (SSSR count). The summed E-state index contributed by atoms with van der Waals surface area (Å²) in [6, 6.07) is 15.1. The number of amides is 3. The largest absolute Gasteiger partial charge is 0.491 e. The van der Waals surface area contributed by atoms with Crippen LogP contribution in [0.1, 0.15) is 39.3 Å². The minimum atomic E-state index is -0.268. The van der Waals surface area contributed by atoms with Crippen molar-refractivity contribution in [3.05, 3.63) is 70.7 Å². The van der Waals surface area contributed by atoms with E-state index >= 15 is 0 Å². The molecule has 182 valence electrons. The van der Waals surface area contributed by atoms with Gasteiger partial charge in [-0.1, -0.05) is 42.0 Å². The molecule has 3 amide bonds. The van der Waals surface area contributed by atoms with Gasteiger partial charge >= 0.3 is 0 Å². The van der Waals surface area contributed by atoms with Crippen LogP contribution in [-0.4, -0.2) is 60.4 Å². The number of nitrogens with zero attached hydrogens (tertiary/aromatic N) is 2. The number of aromatic nitrogens is 1. The number of carbonyl (C=O) groups excluding carboxylic acids is 3. The van der Waals surface area contributed by atoms with E-state index in [1.54, 1.807) is 22.4 Å². The highest BCUT2D eigenvalue weighted by atomic mass is 32.1. The highest BCUT2D eigenvalue weighted by molar-refractivity contribution is 7.13. The summed E-state index contributed by atoms with van der Waals surface area (Å²) in [5, 5.41) is 8.24. The first kappa shape index (κ1) is 24.4. The Morgan fingerprint density at radius 2 is 1.89 bits per heavy atom. The summed E-state index contributed by atoms with van der Waals surface area (Å²) in [4.78, 5) is 44.6. The molecule has 3 aromatic rings. The summed E-state index contributed by atoms with van der Waals surface area (Å²) < 4.78 is 5.75. The number of thiazole rings is 1. The maximum absolute atomic E-state index is 13.3. The van der Waals surface area contributed by atoms with Crippen LogP contribution in [0.3, 0.4) is 0 Å². The van der Waals surface area contributed by atoms with Crippen LogP contribution in [0.25, 0.3) is 10.6 Å². The Labute approximate surface area is 208 Å². The Kier molecular flexibility index (Phi) is 8.10. The summed E-state index contributed by atoms with van der Waals surface area (Å²) >= 11 is 1.41. The fourth-order valence-corrected chi connectivity index (χ4v) is 4.58. The first-order valence-electron chi connectivity index (χ1n) is 11.6. The molecule has 2 N–H and O–H groups in total. The first-order valence-corrected chi connectivity index (χ1v) is 12.5. The van der Waals surface area contributed by atoms with Gasteiger partial charge in [0.15, 0.2) is 0 Å². The molecule has 2 heterocycles. The maximum Gasteiger partial charge on any atom is 0.273 e. The minimum absolute atomic E-state index is 0.103. The van der Waals surface area contributed by atoms with Crippen LogP contribution in [0.15, 0.2) is 53.9 Å². The number of aryl methyl sites for hydroxylation is 1. The van der Waals surface area contributed by atoms with Crippen molar-refractivity contribution in [2.24, 2.45) is 0 Å². The van der Waals surface area contributed by atoms with Gasteiger partial charge in [-0.2, -0.15) is 0 Å². The summed E-state index contributed by atoms with van der Waals surface area (Å²) in [6.45, 7) is 3.44. The SMILES string of the molecule is Cc1ccc2c(c1)C(=O)NCCN(C(=O)c1csc(-c3ccccc3)n1)CCCC(=O)NCCO2. The van der Waals surface area contributed by atoms with Gasteiger partial charge in [-0.25, -0.2) is 4.98 Å². The Hall–Kier alpha value is -3.72. The predicted octanol–water partition coefficient (Wildman–Crippen LogP) is 3.28. The Bertz CT molecular complexity index is 1200. The predicted molar refractivity (Wildman–Crippen MR) is 135 cm³/mol. The van der Waals surface area contributed by atoms with Crippen LogP contribution in [0.2, 0.25) is 0 Å². The number of rotatable bonds is 2. The first-order chi connectivity index (χ1) is 17.0. The van der Waals surface area contributed by atoms with E-state index in [2.05, 4.69) is 15.6 Å². The van der Waals surface area contributed by atoms with Crippen LogP contribution in [0.4, 0.5) is 0 Å². The summed E-state index contributed by atoms with van der Waals surface area (Å²) in [5.41, 5.74) is 2.67. The molecule has 1 aromatic heterocycles. The van der Waals surface area contributed by atoms with Crippen molar-refractivity contribution in [2.75, 3.05) is 32.8 Å². The maximum atomic E-state index is 13.3. The second-order valence-corrected chi connectivity index (χ2v) is 9.11. The lowest BCUT2D eigenvalue weighted by Gasteiger charge is -2.22. The standard InChI is InChI=1S/C26H28N4O4S/c1-18-9-10-22-20(16-18)24(32)28-11-14-30(13-5-8-23(31)27-12-15-34-22)26(33)21-17-35-25(29-21)19-6-3-2-4-7-19/h2-4,6-7,9-10,16-17H,5,8,11-15H2,1H3,(H,27,31)(H,28,32). The normalized spacial score (nSPS) is 15.6. The van der Waals surface area contributed by atoms with Crippen molar-refractivity contribution in [3.63, 3.8) is 0 Å². The van der Waals surface area contributed by atoms with Gasteiger partial charge in [0.25, 0.3) is 11.8 Å². The van der Waals surface area contributed by atoms with E-state index in [0.29, 0.717) is 43.1 Å². The molecule has 0 fully saturated rings. The van der Waals surface area contributed by atoms with Crippen LogP contribution < -0.4 is 15.4 Å². The minimum Gasteiger partial charge on any atom is -0.491 e. The Morgan fingerprint density at radius 3 is 2.71 bits per heavy atom. The monoisotopic (exact) mass is 492 g/mol. The number of ether oxygens (including phenoxy) is 1. The molecule has 0 saturated carbocycles. The van der Waals surface area contributed by atoms with Gasteiger partial charge in [-0.3, -0.25) is 14.4 Å². The fourth-order valence-electron chi connectivity index (χ4n) is 3.78. The van der Waals surface area contributed by atoms with Gasteiger partial charge in [0.1, 0.15) is 23.1 Å². The lowest BCUT2D eigenvalue weighted by molar-refractivity contribution is -0.121. The van der Waals surface area contributed by atoms with Crippen molar-refractivity contribution in [2.45, 2.75) is 19.8 Å². The average molecular weight is 493 g/mol. The molecular formula is C26H28N4O4S. The van der Waals surface area contributed by atoms with Gasteiger partial charge in [-0.15, -0.1) is 11.3 Å². The summed E-state index contributed by atoms with van der Waals surface area (Å²) in [7, 11) is 0. The Balaban J connectivity index is 1.50. The van der Waals surface area contributed by atoms with Crippen molar-refractivity contribution >= 4 is 29.1 Å². The van der Waals surface area contributed by atoms with Crippen LogP contribution in [0.5, 0.6) is 5.75 Å². The van der Waals surface area contributed by atoms with Crippen LogP contribution in [0, 0.1) is 6.92 Å². The zero-order valence-electron chi connectivity index (χ0n) is 19.6. The van der Waals surface area contributed by atoms with Gasteiger partial charge in [0.05, 0.1) is 12.1 Å². The van der Waals surface area contributed by atoms with Crippen molar-refractivity contribution in [3.8, 4) is 16.3 Å². The molecule has 0 spiro atoms. The quantitative estimate of drug-likeness (QED) is 0.572. The molecular weight excluding hydrogens is 464 g/mol. The average Bonchev–Trinajstić information content (AvgIpc) is 3.36. The molecule has 0 unspecified atom stereocenters. The van der Waals surface area contributed by atoms with Gasteiger partial charge < -0.3 is 20.3 Å². The number of hydrogen-bond acceptors (Lipinski definition) is 6. The molecule has 1 aliphatic rings. The van der Waals surface area contributed by atoms with E-state index < -0.39 is 0 Å². The summed E-state index contributed by atoms with van der Waals surface area (Å²) in [5.74, 6) is -0.132. The third-order valence-corrected chi connectivity index (χ3v) is 6.48. The smallest absolute Gasteiger partial charge is 0.273 e. The van der Waals surface area contributed by atoms with Crippen molar-refractivity contribution < 1.29 is 19.1 Å². The third kappa shape index (κ3) is 6.45. The molecule has 0 atom stereocenters. The molecule has 1 aliphatic heterocycles. The molecule has 9 heteroatoms. The highest BCUT2D eigenvalue weighted by Gasteiger charge is 2.21. The highest BCUT2D eigenvalue weighted by Crippen LogP contribution is 2.24. The number of carbonyl (C=O) groups is 3. The van der Waals surface area contributed by atoms with Gasteiger partial charge in [0.2, 0.25) is 5.91 Å². The fraction of sp³-hybridized carbons (Fsp3) is 0.308. The topological polar surface area (TPSA) is 101 Å². The van der Waals surface area contributed by atoms with Crippen molar-refractivity contribution in [1.82, 2.24) is 20.5 Å². The second kappa shape index (κ2) is 11.6. The Morgan fingerprint density at radius 1 is 1.06 bits per heavy atom. The van der Waals surface area contributed by atoms with E-state index in [1.807, 2.05) is 43.3 Å². The van der Waals surface area contributed by atoms with E-state index in [9.17, 15) is 14.4 Å². The molecule has 2 aromatic carbocycles. The third-order valence-electron chi connectivity index (χ3n) is 5.59. The number of fused-ring (bicyclic) bond motifs is 1. The molecule has 0 radical (unpaired) electrons. The number of benzene rings is 2. The molecule has 0 bridgehead atoms. The molecule has 8 nitrogen and oxygen atoms in total. The zero-order valence-corrected chi connectivity index (χ0v) is 20.4. The summed E-state index contributed by atoms with van der Waals surface area (Å²) in [6.07, 6.45) is 0.791. The second-order valence-electron chi connectivity index (χ2n) is 8.25. The zero-order chi connectivity index (χ0) is 24.6. The molecule has 35 heavy (non-hydrogen) atoms. The van der Waals surface area contributed by atoms with Gasteiger partial charge in [0, 0.05) is 37.0 Å². The van der Waals surface area contributed by atoms with Crippen molar-refractivity contribution in [1.29, 1.82) is 0 Å². The van der Waals surface area contributed by atoms with E-state index in [-0.39, 0.29) is 37.3 Å². The van der Waals surface area contributed by atoms with Crippen LogP contribution in [-0.2, 0) is 4.79 Å². The van der Waals surface area contributed by atoms with E-state index in [4.69, 9.17) is 4.74 Å². The lowest BCUT2D eigenvalue weighted by Crippen LogP contribution is -2.39. The van der Waals surface area contributed by atoms with E-state index in [1.165, 1.54) is 11.3 Å². The molecule has 0 aliphatic carbocycles. The van der Waals surface area contributed by atoms with Gasteiger partial charge in [-0.05, 0) is 25.5 Å². The molecule has 0 saturated heterocycles. The number of nitrogens with one attached hydrogen (secondary N) is 2. The number of hydrogen-bond donors (Lipinski definition) is 2.